The molecule has 1 atom stereocenters. The lowest BCUT2D eigenvalue weighted by molar-refractivity contribution is 0.0695. The first-order valence-electron chi connectivity index (χ1n) is 4.85. The van der Waals surface area contributed by atoms with Crippen LogP contribution in [0.25, 0.3) is 0 Å². The van der Waals surface area contributed by atoms with E-state index < -0.39 is 5.97 Å². The molecule has 84 valence electrons. The highest BCUT2D eigenvalue weighted by molar-refractivity contribution is 5.90. The first kappa shape index (κ1) is 11.7. The van der Waals surface area contributed by atoms with E-state index in [4.69, 9.17) is 10.2 Å². The summed E-state index contributed by atoms with van der Waals surface area (Å²) in [6.45, 7) is 5.90. The molecule has 0 amide bonds. The summed E-state index contributed by atoms with van der Waals surface area (Å²) >= 11 is 0. The number of rotatable bonds is 4. The van der Waals surface area contributed by atoms with Gasteiger partial charge in [-0.2, -0.15) is 5.10 Å². The molecule has 0 fully saturated rings. The van der Waals surface area contributed by atoms with Crippen LogP contribution in [-0.2, 0) is 6.54 Å². The molecule has 1 rings (SSSR count). The van der Waals surface area contributed by atoms with Crippen LogP contribution < -0.4 is 0 Å². The van der Waals surface area contributed by atoms with Crippen LogP contribution in [0.15, 0.2) is 0 Å². The van der Waals surface area contributed by atoms with E-state index in [1.165, 1.54) is 0 Å². The van der Waals surface area contributed by atoms with Crippen molar-refractivity contribution in [3.05, 3.63) is 17.0 Å². The minimum absolute atomic E-state index is 0.0702. The highest BCUT2D eigenvalue weighted by Crippen LogP contribution is 2.14. The normalized spacial score (nSPS) is 12.8. The Kier molecular flexibility index (Phi) is 3.47. The molecule has 1 aromatic rings. The largest absolute Gasteiger partial charge is 0.478 e. The molecule has 2 N–H and O–H groups in total. The predicted molar refractivity (Wildman–Crippen MR) is 54.9 cm³/mol. The van der Waals surface area contributed by atoms with Crippen molar-refractivity contribution in [2.75, 3.05) is 6.61 Å². The van der Waals surface area contributed by atoms with Crippen molar-refractivity contribution in [2.24, 2.45) is 5.92 Å². The van der Waals surface area contributed by atoms with E-state index in [2.05, 4.69) is 5.10 Å². The van der Waals surface area contributed by atoms with Gasteiger partial charge < -0.3 is 10.2 Å². The number of carboxylic acids is 1. The van der Waals surface area contributed by atoms with Gasteiger partial charge in [-0.05, 0) is 19.8 Å². The van der Waals surface area contributed by atoms with Gasteiger partial charge in [0.15, 0.2) is 0 Å². The molecule has 0 saturated carbocycles. The molecule has 0 bridgehead atoms. The molecule has 0 aromatic carbocycles. The number of nitrogens with zero attached hydrogens (tertiary/aromatic N) is 2. The van der Waals surface area contributed by atoms with Gasteiger partial charge in [0.05, 0.1) is 11.4 Å². The van der Waals surface area contributed by atoms with E-state index in [-0.39, 0.29) is 18.1 Å². The average Bonchev–Trinajstić information content (AvgIpc) is 2.41. The summed E-state index contributed by atoms with van der Waals surface area (Å²) < 4.78 is 1.64. The molecular weight excluding hydrogens is 196 g/mol. The molecule has 0 radical (unpaired) electrons. The zero-order valence-corrected chi connectivity index (χ0v) is 9.19. The van der Waals surface area contributed by atoms with Gasteiger partial charge in [0.25, 0.3) is 0 Å². The molecule has 1 heterocycles. The smallest absolute Gasteiger partial charge is 0.339 e. The van der Waals surface area contributed by atoms with Crippen LogP contribution in [0, 0.1) is 19.8 Å². The van der Waals surface area contributed by atoms with Crippen LogP contribution in [0.2, 0.25) is 0 Å². The Morgan fingerprint density at radius 1 is 1.53 bits per heavy atom. The lowest BCUT2D eigenvalue weighted by Gasteiger charge is -2.09. The molecule has 5 nitrogen and oxygen atoms in total. The van der Waals surface area contributed by atoms with Gasteiger partial charge in [-0.15, -0.1) is 0 Å². The van der Waals surface area contributed by atoms with E-state index in [0.29, 0.717) is 17.9 Å². The number of carbonyl (C=O) groups is 1. The molecule has 1 unspecified atom stereocenters. The first-order valence-corrected chi connectivity index (χ1v) is 4.85. The minimum atomic E-state index is -0.951. The molecule has 0 aliphatic carbocycles. The van der Waals surface area contributed by atoms with E-state index in [0.717, 1.165) is 0 Å². The molecule has 5 heteroatoms. The first-order chi connectivity index (χ1) is 6.97. The molecule has 0 spiro atoms. The van der Waals surface area contributed by atoms with Gasteiger partial charge in [0, 0.05) is 13.2 Å². The van der Waals surface area contributed by atoms with Crippen molar-refractivity contribution >= 4 is 5.97 Å². The number of aliphatic hydroxyl groups is 1. The van der Waals surface area contributed by atoms with Gasteiger partial charge in [-0.3, -0.25) is 4.68 Å². The Balaban J connectivity index is 3.01. The fourth-order valence-corrected chi connectivity index (χ4v) is 1.54. The second-order valence-electron chi connectivity index (χ2n) is 3.82. The number of hydrogen-bond donors (Lipinski definition) is 2. The number of hydrogen-bond acceptors (Lipinski definition) is 3. The van der Waals surface area contributed by atoms with Crippen LogP contribution in [0.5, 0.6) is 0 Å². The van der Waals surface area contributed by atoms with E-state index in [9.17, 15) is 4.79 Å². The topological polar surface area (TPSA) is 75.3 Å². The summed E-state index contributed by atoms with van der Waals surface area (Å²) in [5.74, 6) is -0.877. The van der Waals surface area contributed by atoms with Crippen LogP contribution >= 0.6 is 0 Å². The standard InChI is InChI=1S/C10H16N2O3/c1-6(5-13)4-12-8(3)9(10(14)15)7(2)11-12/h6,13H,4-5H2,1-3H3,(H,14,15). The Labute approximate surface area is 88.3 Å². The van der Waals surface area contributed by atoms with Crippen molar-refractivity contribution in [1.82, 2.24) is 9.78 Å². The SMILES string of the molecule is Cc1nn(CC(C)CO)c(C)c1C(=O)O. The van der Waals surface area contributed by atoms with Crippen LogP contribution in [0.3, 0.4) is 0 Å². The van der Waals surface area contributed by atoms with Crippen LogP contribution in [0.1, 0.15) is 28.7 Å². The highest BCUT2D eigenvalue weighted by Gasteiger charge is 2.18. The molecule has 0 aliphatic heterocycles. The maximum Gasteiger partial charge on any atom is 0.339 e. The molecule has 0 saturated heterocycles. The van der Waals surface area contributed by atoms with E-state index in [1.54, 1.807) is 18.5 Å². The second-order valence-corrected chi connectivity index (χ2v) is 3.82. The lowest BCUT2D eigenvalue weighted by Crippen LogP contribution is -2.14. The van der Waals surface area contributed by atoms with Gasteiger partial charge in [0.2, 0.25) is 0 Å². The third kappa shape index (κ3) is 2.36. The molecular formula is C10H16N2O3. The Morgan fingerprint density at radius 2 is 2.13 bits per heavy atom. The quantitative estimate of drug-likeness (QED) is 0.775. The predicted octanol–water partition coefficient (Wildman–Crippen LogP) is 0.827. The summed E-state index contributed by atoms with van der Waals surface area (Å²) in [6, 6.07) is 0. The van der Waals surface area contributed by atoms with Gasteiger partial charge in [-0.1, -0.05) is 6.92 Å². The van der Waals surface area contributed by atoms with E-state index in [1.807, 2.05) is 6.92 Å². The van der Waals surface area contributed by atoms with Crippen LogP contribution in [0.4, 0.5) is 0 Å². The summed E-state index contributed by atoms with van der Waals surface area (Å²) in [7, 11) is 0. The number of aromatic nitrogens is 2. The summed E-state index contributed by atoms with van der Waals surface area (Å²) in [5, 5.41) is 22.0. The van der Waals surface area contributed by atoms with Gasteiger partial charge in [-0.25, -0.2) is 4.79 Å². The third-order valence-corrected chi connectivity index (χ3v) is 2.39. The number of carboxylic acid groups (broad SMARTS) is 1. The fourth-order valence-electron chi connectivity index (χ4n) is 1.54. The summed E-state index contributed by atoms with van der Waals surface area (Å²) in [4.78, 5) is 10.9. The molecule has 1 aromatic heterocycles. The van der Waals surface area contributed by atoms with Crippen LogP contribution in [-0.4, -0.2) is 32.6 Å². The lowest BCUT2D eigenvalue weighted by atomic mass is 10.2. The van der Waals surface area contributed by atoms with Crippen molar-refractivity contribution < 1.29 is 15.0 Å². The number of aromatic carboxylic acids is 1. The number of aryl methyl sites for hydroxylation is 1. The summed E-state index contributed by atoms with van der Waals surface area (Å²) in [6.07, 6.45) is 0. The van der Waals surface area contributed by atoms with Gasteiger partial charge in [0.1, 0.15) is 5.56 Å². The zero-order valence-electron chi connectivity index (χ0n) is 9.19. The zero-order chi connectivity index (χ0) is 11.6. The average molecular weight is 212 g/mol. The monoisotopic (exact) mass is 212 g/mol. The third-order valence-electron chi connectivity index (χ3n) is 2.39. The maximum absolute atomic E-state index is 10.9. The second kappa shape index (κ2) is 4.44. The van der Waals surface area contributed by atoms with E-state index >= 15 is 0 Å². The Hall–Kier alpha value is -1.36. The van der Waals surface area contributed by atoms with Crippen molar-refractivity contribution in [1.29, 1.82) is 0 Å². The molecule has 15 heavy (non-hydrogen) atoms. The summed E-state index contributed by atoms with van der Waals surface area (Å²) in [5.41, 5.74) is 1.42. The number of aliphatic hydroxyl groups excluding tert-OH is 1. The maximum atomic E-state index is 10.9. The Morgan fingerprint density at radius 3 is 2.53 bits per heavy atom. The van der Waals surface area contributed by atoms with Crippen molar-refractivity contribution in [3.8, 4) is 0 Å². The fraction of sp³-hybridized carbons (Fsp3) is 0.600. The highest BCUT2D eigenvalue weighted by atomic mass is 16.4. The Bertz CT molecular complexity index is 371. The van der Waals surface area contributed by atoms with Crippen molar-refractivity contribution in [3.63, 3.8) is 0 Å². The molecule has 0 aliphatic rings. The minimum Gasteiger partial charge on any atom is -0.478 e. The van der Waals surface area contributed by atoms with Crippen molar-refractivity contribution in [2.45, 2.75) is 27.3 Å². The van der Waals surface area contributed by atoms with Gasteiger partial charge >= 0.3 is 5.97 Å².